The molecule has 0 aliphatic carbocycles. The molecule has 1 aromatic rings. The van der Waals surface area contributed by atoms with E-state index < -0.39 is 0 Å². The number of piperidine rings is 2. The molecule has 2 fully saturated rings. The first-order chi connectivity index (χ1) is 11.6. The lowest BCUT2D eigenvalue weighted by atomic mass is 9.80. The van der Waals surface area contributed by atoms with Gasteiger partial charge in [0.15, 0.2) is 0 Å². The summed E-state index contributed by atoms with van der Waals surface area (Å²) < 4.78 is 5.54. The monoisotopic (exact) mass is 330 g/mol. The summed E-state index contributed by atoms with van der Waals surface area (Å²) >= 11 is 0. The molecule has 24 heavy (non-hydrogen) atoms. The van der Waals surface area contributed by atoms with E-state index >= 15 is 0 Å². The fourth-order valence-electron chi connectivity index (χ4n) is 3.64. The van der Waals surface area contributed by atoms with E-state index in [2.05, 4.69) is 10.6 Å². The molecule has 2 heterocycles. The quantitative estimate of drug-likeness (QED) is 0.638. The topological polar surface area (TPSA) is 84.5 Å². The lowest BCUT2D eigenvalue weighted by Gasteiger charge is -2.30. The number of benzene rings is 1. The summed E-state index contributed by atoms with van der Waals surface area (Å²) in [6, 6.07) is 5.73. The fourth-order valence-corrected chi connectivity index (χ4v) is 3.64. The Hall–Kier alpha value is -2.21. The minimum Gasteiger partial charge on any atom is -0.496 e. The van der Waals surface area contributed by atoms with Crippen molar-refractivity contribution in [3.63, 3.8) is 0 Å². The Labute approximate surface area is 140 Å². The number of rotatable bonds is 4. The molecule has 3 atom stereocenters. The van der Waals surface area contributed by atoms with Crippen LogP contribution in [0.1, 0.15) is 42.2 Å². The van der Waals surface area contributed by atoms with E-state index in [0.29, 0.717) is 18.6 Å². The maximum absolute atomic E-state index is 12.1. The van der Waals surface area contributed by atoms with Crippen molar-refractivity contribution in [2.24, 2.45) is 5.92 Å². The van der Waals surface area contributed by atoms with Crippen molar-refractivity contribution in [2.75, 3.05) is 20.2 Å². The number of methoxy groups -OCH3 is 1. The van der Waals surface area contributed by atoms with Gasteiger partial charge in [-0.3, -0.25) is 14.9 Å². The Balaban J connectivity index is 1.89. The van der Waals surface area contributed by atoms with Crippen LogP contribution in [0.3, 0.4) is 0 Å². The smallest absolute Gasteiger partial charge is 0.234 e. The van der Waals surface area contributed by atoms with Crippen LogP contribution in [0.2, 0.25) is 0 Å². The van der Waals surface area contributed by atoms with Crippen LogP contribution in [0.4, 0.5) is 0 Å². The molecule has 0 radical (unpaired) electrons. The minimum atomic E-state index is -0.336. The highest BCUT2D eigenvalue weighted by Gasteiger charge is 2.31. The molecule has 0 saturated carbocycles. The molecular formula is C18H22N2O4. The average molecular weight is 330 g/mol. The highest BCUT2D eigenvalue weighted by atomic mass is 16.5. The summed E-state index contributed by atoms with van der Waals surface area (Å²) in [5.74, 6) is -0.0774. The van der Waals surface area contributed by atoms with E-state index in [0.717, 1.165) is 36.9 Å². The number of carbonyl (C=O) groups is 3. The van der Waals surface area contributed by atoms with Gasteiger partial charge in [-0.1, -0.05) is 12.1 Å². The number of carbonyl (C=O) groups excluding carboxylic acids is 3. The number of imide groups is 1. The van der Waals surface area contributed by atoms with Gasteiger partial charge in [0, 0.05) is 24.8 Å². The molecule has 128 valence electrons. The molecule has 3 unspecified atom stereocenters. The zero-order valence-corrected chi connectivity index (χ0v) is 13.7. The zero-order chi connectivity index (χ0) is 17.1. The molecule has 0 bridgehead atoms. The number of hydrogen-bond donors (Lipinski definition) is 2. The van der Waals surface area contributed by atoms with Crippen LogP contribution in [0, 0.1) is 5.92 Å². The van der Waals surface area contributed by atoms with Gasteiger partial charge >= 0.3 is 0 Å². The predicted octanol–water partition coefficient (Wildman–Crippen LogP) is 1.11. The normalized spacial score (nSPS) is 27.5. The number of hydrogen-bond acceptors (Lipinski definition) is 5. The zero-order valence-electron chi connectivity index (χ0n) is 13.7. The maximum atomic E-state index is 12.1. The Morgan fingerprint density at radius 3 is 2.79 bits per heavy atom. The van der Waals surface area contributed by atoms with Gasteiger partial charge in [-0.25, -0.2) is 0 Å². The molecule has 6 nitrogen and oxygen atoms in total. The third-order valence-electron chi connectivity index (χ3n) is 5.01. The molecule has 2 amide bonds. The second-order valence-electron chi connectivity index (χ2n) is 6.40. The Bertz CT molecular complexity index is 658. The molecule has 6 heteroatoms. The van der Waals surface area contributed by atoms with Crippen molar-refractivity contribution in [3.8, 4) is 5.75 Å². The van der Waals surface area contributed by atoms with Crippen molar-refractivity contribution in [1.29, 1.82) is 0 Å². The SMILES string of the molecule is COc1cc(C2CCC(=O)NC2=O)ccc1C1CNCCC1C=O. The second-order valence-corrected chi connectivity index (χ2v) is 6.40. The lowest BCUT2D eigenvalue weighted by molar-refractivity contribution is -0.134. The number of nitrogens with one attached hydrogen (secondary N) is 2. The van der Waals surface area contributed by atoms with Crippen LogP contribution in [-0.2, 0) is 14.4 Å². The van der Waals surface area contributed by atoms with Crippen LogP contribution in [0.5, 0.6) is 5.75 Å². The van der Waals surface area contributed by atoms with E-state index in [-0.39, 0.29) is 29.6 Å². The first kappa shape index (κ1) is 16.6. The highest BCUT2D eigenvalue weighted by Crippen LogP contribution is 2.37. The standard InChI is InChI=1S/C18H22N2O4/c1-24-16-8-11(13-4-5-17(22)20-18(13)23)2-3-14(16)15-9-19-7-6-12(15)10-21/h2-3,8,10,12-13,15,19H,4-7,9H2,1H3,(H,20,22,23). The van der Waals surface area contributed by atoms with Gasteiger partial charge in [-0.05, 0) is 36.6 Å². The molecule has 2 aliphatic rings. The Morgan fingerprint density at radius 1 is 1.25 bits per heavy atom. The fraction of sp³-hybridized carbons (Fsp3) is 0.500. The summed E-state index contributed by atoms with van der Waals surface area (Å²) in [5, 5.41) is 5.71. The van der Waals surface area contributed by atoms with Gasteiger partial charge < -0.3 is 14.8 Å². The predicted molar refractivity (Wildman–Crippen MR) is 87.9 cm³/mol. The van der Waals surface area contributed by atoms with Crippen molar-refractivity contribution >= 4 is 18.1 Å². The van der Waals surface area contributed by atoms with Crippen LogP contribution >= 0.6 is 0 Å². The minimum absolute atomic E-state index is 0.0263. The highest BCUT2D eigenvalue weighted by molar-refractivity contribution is 6.00. The summed E-state index contributed by atoms with van der Waals surface area (Å²) in [6.07, 6.45) is 2.70. The number of ether oxygens (including phenoxy) is 1. The van der Waals surface area contributed by atoms with Gasteiger partial charge in [-0.15, -0.1) is 0 Å². The summed E-state index contributed by atoms with van der Waals surface area (Å²) in [7, 11) is 1.60. The van der Waals surface area contributed by atoms with E-state index in [1.807, 2.05) is 18.2 Å². The van der Waals surface area contributed by atoms with E-state index in [1.54, 1.807) is 7.11 Å². The first-order valence-electron chi connectivity index (χ1n) is 8.31. The van der Waals surface area contributed by atoms with E-state index in [9.17, 15) is 14.4 Å². The molecule has 2 N–H and O–H groups in total. The first-order valence-corrected chi connectivity index (χ1v) is 8.31. The second kappa shape index (κ2) is 7.13. The molecule has 2 saturated heterocycles. The third kappa shape index (κ3) is 3.19. The van der Waals surface area contributed by atoms with Gasteiger partial charge in [0.2, 0.25) is 11.8 Å². The largest absolute Gasteiger partial charge is 0.496 e. The summed E-state index contributed by atoms with van der Waals surface area (Å²) in [4.78, 5) is 34.7. The maximum Gasteiger partial charge on any atom is 0.234 e. The molecule has 0 spiro atoms. The van der Waals surface area contributed by atoms with Gasteiger partial charge in [-0.2, -0.15) is 0 Å². The third-order valence-corrected chi connectivity index (χ3v) is 5.01. The lowest BCUT2D eigenvalue weighted by Crippen LogP contribution is -2.39. The molecular weight excluding hydrogens is 308 g/mol. The average Bonchev–Trinajstić information content (AvgIpc) is 2.61. The van der Waals surface area contributed by atoms with E-state index in [1.165, 1.54) is 0 Å². The summed E-state index contributed by atoms with van der Waals surface area (Å²) in [6.45, 7) is 1.58. The van der Waals surface area contributed by atoms with Gasteiger partial charge in [0.05, 0.1) is 13.0 Å². The van der Waals surface area contributed by atoms with Gasteiger partial charge in [0.25, 0.3) is 0 Å². The number of amides is 2. The van der Waals surface area contributed by atoms with Crippen LogP contribution in [-0.4, -0.2) is 38.3 Å². The molecule has 1 aromatic carbocycles. The Morgan fingerprint density at radius 2 is 2.08 bits per heavy atom. The number of aldehydes is 1. The molecule has 3 rings (SSSR count). The van der Waals surface area contributed by atoms with Crippen molar-refractivity contribution < 1.29 is 19.1 Å². The van der Waals surface area contributed by atoms with Crippen molar-refractivity contribution in [3.05, 3.63) is 29.3 Å². The van der Waals surface area contributed by atoms with Crippen LogP contribution < -0.4 is 15.4 Å². The molecule has 2 aliphatic heterocycles. The Kier molecular flexibility index (Phi) is 4.94. The van der Waals surface area contributed by atoms with Crippen molar-refractivity contribution in [1.82, 2.24) is 10.6 Å². The van der Waals surface area contributed by atoms with Gasteiger partial charge in [0.1, 0.15) is 12.0 Å². The molecule has 0 aromatic heterocycles. The van der Waals surface area contributed by atoms with Crippen LogP contribution in [0.15, 0.2) is 18.2 Å². The van der Waals surface area contributed by atoms with Crippen LogP contribution in [0.25, 0.3) is 0 Å². The summed E-state index contributed by atoms with van der Waals surface area (Å²) in [5.41, 5.74) is 1.82. The van der Waals surface area contributed by atoms with Crippen molar-refractivity contribution in [2.45, 2.75) is 31.1 Å². The van der Waals surface area contributed by atoms with E-state index in [4.69, 9.17) is 4.74 Å².